The van der Waals surface area contributed by atoms with Crippen LogP contribution in [-0.2, 0) is 19.1 Å². The van der Waals surface area contributed by atoms with Crippen LogP contribution < -0.4 is 0 Å². The van der Waals surface area contributed by atoms with Crippen LogP contribution in [0, 0.1) is 51.2 Å². The minimum atomic E-state index is -0.719. The van der Waals surface area contributed by atoms with Crippen molar-refractivity contribution in [3.05, 3.63) is 12.2 Å². The minimum absolute atomic E-state index is 0.00124. The number of fused-ring (bicyclic) bond motifs is 7. The maximum Gasteiger partial charge on any atom is 0.309 e. The topological polar surface area (TPSA) is 93.1 Å². The maximum atomic E-state index is 12.8. The molecule has 0 aromatic rings. The van der Waals surface area contributed by atoms with Crippen molar-refractivity contribution in [3.8, 4) is 0 Å². The number of rotatable bonds is 4. The number of hydrogen-bond acceptors (Lipinski definition) is 5. The summed E-state index contributed by atoms with van der Waals surface area (Å²) in [5.41, 5.74) is -0.736. The predicted octanol–water partition coefficient (Wildman–Crippen LogP) is 5.62. The average Bonchev–Trinajstić information content (AvgIpc) is 3.29. The van der Waals surface area contributed by atoms with Crippen LogP contribution in [0.25, 0.3) is 0 Å². The number of carboxylic acid groups (broad SMARTS) is 1. The summed E-state index contributed by atoms with van der Waals surface area (Å²) in [5, 5.41) is 22.7. The highest BCUT2D eigenvalue weighted by Crippen LogP contribution is 2.77. The summed E-state index contributed by atoms with van der Waals surface area (Å²) in [6, 6.07) is 0. The molecule has 208 valence electrons. The molecule has 11 atom stereocenters. The lowest BCUT2D eigenvalue weighted by atomic mass is 9.33. The Balaban J connectivity index is 1.62. The molecule has 0 spiro atoms. The molecular weight excluding hydrogens is 468 g/mol. The predicted molar refractivity (Wildman–Crippen MR) is 141 cm³/mol. The third-order valence-electron chi connectivity index (χ3n) is 13.2. The van der Waals surface area contributed by atoms with Crippen molar-refractivity contribution >= 4 is 11.9 Å². The second kappa shape index (κ2) is 8.30. The molecule has 1 aliphatic heterocycles. The number of aliphatic hydroxyl groups is 1. The first-order valence-corrected chi connectivity index (χ1v) is 14.4. The van der Waals surface area contributed by atoms with Crippen LogP contribution in [0.3, 0.4) is 0 Å². The molecule has 0 unspecified atom stereocenters. The average molecular weight is 517 g/mol. The summed E-state index contributed by atoms with van der Waals surface area (Å²) < 4.78 is 11.7. The zero-order valence-corrected chi connectivity index (χ0v) is 23.9. The van der Waals surface area contributed by atoms with Gasteiger partial charge in [0.1, 0.15) is 0 Å². The fourth-order valence-corrected chi connectivity index (χ4v) is 11.5. The van der Waals surface area contributed by atoms with Gasteiger partial charge in [-0.3, -0.25) is 9.59 Å². The highest BCUT2D eigenvalue weighted by atomic mass is 16.5. The van der Waals surface area contributed by atoms with E-state index in [1.807, 2.05) is 0 Å². The maximum absolute atomic E-state index is 12.8. The number of esters is 1. The highest BCUT2D eigenvalue weighted by Gasteiger charge is 2.75. The Kier molecular flexibility index (Phi) is 6.10. The van der Waals surface area contributed by atoms with Crippen LogP contribution >= 0.6 is 0 Å². The molecular formula is C31H48O6. The monoisotopic (exact) mass is 516 g/mol. The molecule has 0 amide bonds. The highest BCUT2D eigenvalue weighted by molar-refractivity contribution is 5.76. The van der Waals surface area contributed by atoms with Crippen molar-refractivity contribution in [2.75, 3.05) is 7.11 Å². The van der Waals surface area contributed by atoms with Gasteiger partial charge in [-0.1, -0.05) is 32.9 Å². The first-order valence-electron chi connectivity index (χ1n) is 14.4. The van der Waals surface area contributed by atoms with Gasteiger partial charge in [0.05, 0.1) is 36.8 Å². The van der Waals surface area contributed by atoms with E-state index in [2.05, 4.69) is 48.1 Å². The third-order valence-corrected chi connectivity index (χ3v) is 13.2. The summed E-state index contributed by atoms with van der Waals surface area (Å²) >= 11 is 0. The van der Waals surface area contributed by atoms with Crippen LogP contribution in [-0.4, -0.2) is 47.1 Å². The number of methoxy groups -OCH3 is 1. The van der Waals surface area contributed by atoms with Crippen molar-refractivity contribution < 1.29 is 29.3 Å². The van der Waals surface area contributed by atoms with E-state index in [0.29, 0.717) is 19.3 Å². The number of hydrogen-bond donors (Lipinski definition) is 2. The van der Waals surface area contributed by atoms with Gasteiger partial charge in [-0.25, -0.2) is 0 Å². The third kappa shape index (κ3) is 3.30. The number of ether oxygens (including phenoxy) is 2. The number of carboxylic acids is 1. The van der Waals surface area contributed by atoms with Gasteiger partial charge in [-0.2, -0.15) is 0 Å². The smallest absolute Gasteiger partial charge is 0.309 e. The van der Waals surface area contributed by atoms with E-state index in [9.17, 15) is 19.8 Å². The normalized spacial score (nSPS) is 51.8. The molecule has 5 rings (SSSR count). The summed E-state index contributed by atoms with van der Waals surface area (Å²) in [7, 11) is 1.42. The number of aliphatic hydroxyl groups excluding tert-OH is 1. The van der Waals surface area contributed by atoms with Crippen LogP contribution in [0.2, 0.25) is 0 Å². The lowest BCUT2D eigenvalue weighted by molar-refractivity contribution is -0.254. The summed E-state index contributed by atoms with van der Waals surface area (Å²) in [6.45, 7) is 17.6. The fourth-order valence-electron chi connectivity index (χ4n) is 11.5. The van der Waals surface area contributed by atoms with Gasteiger partial charge in [0, 0.05) is 5.41 Å². The number of aliphatic carboxylic acids is 1. The zero-order chi connectivity index (χ0) is 27.3. The van der Waals surface area contributed by atoms with E-state index >= 15 is 0 Å². The molecule has 4 aliphatic carbocycles. The van der Waals surface area contributed by atoms with Crippen molar-refractivity contribution in [3.63, 3.8) is 0 Å². The van der Waals surface area contributed by atoms with Crippen LogP contribution in [0.4, 0.5) is 0 Å². The zero-order valence-electron chi connectivity index (χ0n) is 23.9. The SMILES string of the molecule is C=C(C)[C@@H]1CC[C@]2(C(=O)O)CC[C@]3(C)[C@H](C[C@@H](O)[C@@H]4[C@@]5(C)[C@@H](CC(=O)OC)OC(C)(C)[C@@H]5CC[C@]43C)[C@@H]12. The van der Waals surface area contributed by atoms with Crippen molar-refractivity contribution in [2.45, 2.75) is 111 Å². The minimum Gasteiger partial charge on any atom is -0.481 e. The van der Waals surface area contributed by atoms with Gasteiger partial charge in [-0.05, 0) is 106 Å². The Morgan fingerprint density at radius 2 is 1.70 bits per heavy atom. The lowest BCUT2D eigenvalue weighted by Crippen LogP contribution is -2.69. The molecule has 2 N–H and O–H groups in total. The van der Waals surface area contributed by atoms with Gasteiger partial charge in [-0.15, -0.1) is 0 Å². The second-order valence-electron chi connectivity index (χ2n) is 14.6. The molecule has 0 radical (unpaired) electrons. The molecule has 0 bridgehead atoms. The largest absolute Gasteiger partial charge is 0.481 e. The van der Waals surface area contributed by atoms with Gasteiger partial charge >= 0.3 is 11.9 Å². The van der Waals surface area contributed by atoms with Gasteiger partial charge < -0.3 is 19.7 Å². The summed E-state index contributed by atoms with van der Waals surface area (Å²) in [4.78, 5) is 25.3. The number of allylic oxidation sites excluding steroid dienone is 1. The Bertz CT molecular complexity index is 1000. The van der Waals surface area contributed by atoms with Crippen molar-refractivity contribution in [2.24, 2.45) is 51.2 Å². The Labute approximate surface area is 222 Å². The van der Waals surface area contributed by atoms with Crippen molar-refractivity contribution in [1.29, 1.82) is 0 Å². The van der Waals surface area contributed by atoms with Crippen LogP contribution in [0.5, 0.6) is 0 Å². The van der Waals surface area contributed by atoms with Gasteiger partial charge in [0.25, 0.3) is 0 Å². The molecule has 1 heterocycles. The van der Waals surface area contributed by atoms with Crippen LogP contribution in [0.15, 0.2) is 12.2 Å². The molecule has 6 heteroatoms. The van der Waals surface area contributed by atoms with E-state index in [-0.39, 0.29) is 64.3 Å². The molecule has 5 aliphatic rings. The first-order chi connectivity index (χ1) is 17.1. The van der Waals surface area contributed by atoms with E-state index in [1.54, 1.807) is 0 Å². The quantitative estimate of drug-likeness (QED) is 0.372. The van der Waals surface area contributed by atoms with E-state index in [4.69, 9.17) is 9.47 Å². The summed E-state index contributed by atoms with van der Waals surface area (Å²) in [5.74, 6) is -0.458. The molecule has 0 aromatic heterocycles. The first kappa shape index (κ1) is 27.2. The van der Waals surface area contributed by atoms with Gasteiger partial charge in [0.15, 0.2) is 0 Å². The fraction of sp³-hybridized carbons (Fsp3) is 0.871. The Morgan fingerprint density at radius 1 is 1.03 bits per heavy atom. The van der Waals surface area contributed by atoms with E-state index in [0.717, 1.165) is 31.3 Å². The molecule has 37 heavy (non-hydrogen) atoms. The summed E-state index contributed by atoms with van der Waals surface area (Å²) in [6.07, 6.45) is 4.97. The van der Waals surface area contributed by atoms with Crippen LogP contribution in [0.1, 0.15) is 92.9 Å². The standard InChI is InChI=1S/C31H48O6/c1-17(2)18-9-12-31(26(34)35)14-13-28(5)19(24(18)31)15-20(32)25-29(28,6)11-10-21-27(3,4)37-22(30(21,25)7)16-23(33)36-8/h18-22,24-25,32H,1,9-16H2,2-8H3,(H,34,35)/t18-,19+,20+,21-,22+,24+,25-,28+,29+,30+,31-/m0/s1. The number of carbonyl (C=O) groups is 2. The number of carbonyl (C=O) groups excluding carboxylic acids is 1. The molecule has 0 aromatic carbocycles. The van der Waals surface area contributed by atoms with E-state index in [1.165, 1.54) is 7.11 Å². The molecule has 4 saturated carbocycles. The van der Waals surface area contributed by atoms with Crippen molar-refractivity contribution in [1.82, 2.24) is 0 Å². The lowest BCUT2D eigenvalue weighted by Gasteiger charge is -2.71. The molecule has 1 saturated heterocycles. The Morgan fingerprint density at radius 3 is 2.30 bits per heavy atom. The second-order valence-corrected chi connectivity index (χ2v) is 14.6. The molecule has 5 fully saturated rings. The molecule has 6 nitrogen and oxygen atoms in total. The Hall–Kier alpha value is -1.40. The van der Waals surface area contributed by atoms with Gasteiger partial charge in [0.2, 0.25) is 0 Å². The van der Waals surface area contributed by atoms with E-state index < -0.39 is 23.1 Å².